The smallest absolute Gasteiger partial charge is 0.269 e. The number of rotatable bonds is 4. The van der Waals surface area contributed by atoms with Gasteiger partial charge in [0.25, 0.3) is 5.69 Å². The lowest BCUT2D eigenvalue weighted by atomic mass is 9.68. The van der Waals surface area contributed by atoms with E-state index < -0.39 is 16.4 Å². The quantitative estimate of drug-likeness (QED) is 0.338. The van der Waals surface area contributed by atoms with E-state index in [0.717, 1.165) is 35.2 Å². The number of nitro groups is 1. The highest BCUT2D eigenvalue weighted by Gasteiger charge is 2.69. The largest absolute Gasteiger partial charge is 0.324 e. The highest BCUT2D eigenvalue weighted by molar-refractivity contribution is 6.12. The predicted molar refractivity (Wildman–Crippen MR) is 131 cm³/mol. The topological polar surface area (TPSA) is 92.5 Å². The van der Waals surface area contributed by atoms with Crippen LogP contribution in [0.3, 0.4) is 0 Å². The third-order valence-corrected chi connectivity index (χ3v) is 7.96. The highest BCUT2D eigenvalue weighted by Crippen LogP contribution is 2.61. The molecule has 3 aromatic rings. The zero-order valence-electron chi connectivity index (χ0n) is 19.3. The molecule has 7 nitrogen and oxygen atoms in total. The van der Waals surface area contributed by atoms with Crippen molar-refractivity contribution in [3.8, 4) is 0 Å². The van der Waals surface area contributed by atoms with Crippen molar-refractivity contribution in [1.82, 2.24) is 4.90 Å². The standard InChI is InChI=1S/C28H25N3O4/c1-17-12-13-22-21(15-17)28(27(33)29-22)25(26(32)18-7-3-2-4-8-18)24(23-11-6-14-30(23)28)19-9-5-10-20(16-19)31(34)35/h2-5,7-10,12-13,15-16,23-25H,6,11,14H2,1H3,(H,29,33)/t23?,24?,25?,28-/m1/s1. The molecule has 35 heavy (non-hydrogen) atoms. The normalized spacial score (nSPS) is 27.0. The monoisotopic (exact) mass is 467 g/mol. The number of ketones is 1. The molecule has 2 fully saturated rings. The number of fused-ring (bicyclic) bond motifs is 4. The van der Waals surface area contributed by atoms with E-state index in [2.05, 4.69) is 10.2 Å². The fourth-order valence-corrected chi connectivity index (χ4v) is 6.68. The molecule has 3 aromatic carbocycles. The molecule has 1 spiro atoms. The van der Waals surface area contributed by atoms with Crippen LogP contribution in [0.25, 0.3) is 0 Å². The number of Topliss-reactive ketones (excluding diaryl/α,β-unsaturated/α-hetero) is 1. The molecule has 1 amide bonds. The molecule has 3 aliphatic heterocycles. The van der Waals surface area contributed by atoms with Crippen LogP contribution in [0.1, 0.15) is 45.8 Å². The number of nitrogens with one attached hydrogen (secondary N) is 1. The first-order chi connectivity index (χ1) is 16.9. The van der Waals surface area contributed by atoms with Gasteiger partial charge in [0.15, 0.2) is 5.78 Å². The van der Waals surface area contributed by atoms with Crippen molar-refractivity contribution in [2.24, 2.45) is 5.92 Å². The van der Waals surface area contributed by atoms with E-state index in [1.165, 1.54) is 6.07 Å². The number of anilines is 1. The number of carbonyl (C=O) groups excluding carboxylic acids is 2. The van der Waals surface area contributed by atoms with E-state index in [9.17, 15) is 19.7 Å². The zero-order chi connectivity index (χ0) is 24.3. The van der Waals surface area contributed by atoms with E-state index in [1.54, 1.807) is 24.3 Å². The molecule has 3 unspecified atom stereocenters. The van der Waals surface area contributed by atoms with Crippen LogP contribution >= 0.6 is 0 Å². The number of carbonyl (C=O) groups is 2. The Morgan fingerprint density at radius 3 is 2.66 bits per heavy atom. The zero-order valence-corrected chi connectivity index (χ0v) is 19.3. The van der Waals surface area contributed by atoms with Gasteiger partial charge in [0, 0.05) is 40.9 Å². The van der Waals surface area contributed by atoms with E-state index in [0.29, 0.717) is 12.1 Å². The van der Waals surface area contributed by atoms with Crippen LogP contribution in [0.2, 0.25) is 0 Å². The summed E-state index contributed by atoms with van der Waals surface area (Å²) in [4.78, 5) is 41.7. The third kappa shape index (κ3) is 3.01. The van der Waals surface area contributed by atoms with E-state index >= 15 is 0 Å². The summed E-state index contributed by atoms with van der Waals surface area (Å²) in [6.07, 6.45) is 1.72. The number of hydrogen-bond donors (Lipinski definition) is 1. The van der Waals surface area contributed by atoms with Gasteiger partial charge in [-0.2, -0.15) is 0 Å². The Morgan fingerprint density at radius 2 is 1.89 bits per heavy atom. The van der Waals surface area contributed by atoms with Gasteiger partial charge in [-0.25, -0.2) is 0 Å². The maximum absolute atomic E-state index is 14.3. The Hall–Kier alpha value is -3.84. The molecule has 0 saturated carbocycles. The average Bonchev–Trinajstić information content (AvgIpc) is 3.52. The molecule has 0 radical (unpaired) electrons. The second kappa shape index (κ2) is 7.85. The van der Waals surface area contributed by atoms with Crippen LogP contribution in [-0.2, 0) is 10.3 Å². The number of amides is 1. The van der Waals surface area contributed by atoms with Crippen molar-refractivity contribution in [1.29, 1.82) is 0 Å². The van der Waals surface area contributed by atoms with Crippen LogP contribution in [0, 0.1) is 23.0 Å². The second-order valence-corrected chi connectivity index (χ2v) is 9.76. The minimum absolute atomic E-state index is 0.00831. The van der Waals surface area contributed by atoms with Crippen LogP contribution in [0.15, 0.2) is 72.8 Å². The summed E-state index contributed by atoms with van der Waals surface area (Å²) in [5.41, 5.74) is 2.68. The minimum atomic E-state index is -1.16. The Bertz CT molecular complexity index is 1370. The molecular weight excluding hydrogens is 442 g/mol. The molecular formula is C28H25N3O4. The van der Waals surface area contributed by atoms with Gasteiger partial charge in [0.05, 0.1) is 10.8 Å². The molecule has 3 heterocycles. The van der Waals surface area contributed by atoms with Gasteiger partial charge >= 0.3 is 0 Å². The molecule has 7 heteroatoms. The molecule has 4 atom stereocenters. The summed E-state index contributed by atoms with van der Waals surface area (Å²) < 4.78 is 0. The maximum atomic E-state index is 14.3. The molecule has 6 rings (SSSR count). The molecule has 0 aromatic heterocycles. The predicted octanol–water partition coefficient (Wildman–Crippen LogP) is 4.81. The van der Waals surface area contributed by atoms with Crippen molar-refractivity contribution in [2.45, 2.75) is 37.3 Å². The highest BCUT2D eigenvalue weighted by atomic mass is 16.6. The number of nitrogens with zero attached hydrogens (tertiary/aromatic N) is 2. The van der Waals surface area contributed by atoms with Crippen molar-refractivity contribution in [3.63, 3.8) is 0 Å². The Kier molecular flexibility index (Phi) is 4.86. The summed E-state index contributed by atoms with van der Waals surface area (Å²) in [6.45, 7) is 2.68. The lowest BCUT2D eigenvalue weighted by Gasteiger charge is -2.37. The molecule has 0 aliphatic carbocycles. The second-order valence-electron chi connectivity index (χ2n) is 9.76. The SMILES string of the molecule is Cc1ccc2c(c1)[C@]1(C(=O)N2)C(C(=O)c2ccccc2)C(c2cccc([N+](=O)[O-])c2)C2CCCN21. The lowest BCUT2D eigenvalue weighted by Crippen LogP contribution is -2.52. The van der Waals surface area contributed by atoms with Gasteiger partial charge in [-0.15, -0.1) is 0 Å². The van der Waals surface area contributed by atoms with Gasteiger partial charge < -0.3 is 5.32 Å². The Morgan fingerprint density at radius 1 is 1.09 bits per heavy atom. The van der Waals surface area contributed by atoms with Crippen LogP contribution in [0.5, 0.6) is 0 Å². The van der Waals surface area contributed by atoms with Crippen molar-refractivity contribution >= 4 is 23.1 Å². The van der Waals surface area contributed by atoms with E-state index in [1.807, 2.05) is 49.4 Å². The van der Waals surface area contributed by atoms with Crippen molar-refractivity contribution < 1.29 is 14.5 Å². The van der Waals surface area contributed by atoms with E-state index in [-0.39, 0.29) is 29.3 Å². The van der Waals surface area contributed by atoms with Gasteiger partial charge in [-0.3, -0.25) is 24.6 Å². The number of aryl methyl sites for hydroxylation is 1. The Labute approximate surface area is 202 Å². The molecule has 176 valence electrons. The summed E-state index contributed by atoms with van der Waals surface area (Å²) in [6, 6.07) is 21.5. The van der Waals surface area contributed by atoms with Crippen LogP contribution < -0.4 is 5.32 Å². The first-order valence-electron chi connectivity index (χ1n) is 12.0. The number of hydrogen-bond acceptors (Lipinski definition) is 5. The Balaban J connectivity index is 1.63. The fraction of sp³-hybridized carbons (Fsp3) is 0.286. The van der Waals surface area contributed by atoms with Gasteiger partial charge in [-0.05, 0) is 37.9 Å². The lowest BCUT2D eigenvalue weighted by molar-refractivity contribution is -0.384. The summed E-state index contributed by atoms with van der Waals surface area (Å²) in [5, 5.41) is 14.7. The number of benzene rings is 3. The summed E-state index contributed by atoms with van der Waals surface area (Å²) in [7, 11) is 0. The van der Waals surface area contributed by atoms with E-state index in [4.69, 9.17) is 0 Å². The molecule has 0 bridgehead atoms. The van der Waals surface area contributed by atoms with Crippen molar-refractivity contribution in [3.05, 3.63) is 105 Å². The van der Waals surface area contributed by atoms with Gasteiger partial charge in [-0.1, -0.05) is 60.2 Å². The first kappa shape index (κ1) is 21.7. The molecule has 2 saturated heterocycles. The molecule has 3 aliphatic rings. The summed E-state index contributed by atoms with van der Waals surface area (Å²) >= 11 is 0. The third-order valence-electron chi connectivity index (χ3n) is 7.96. The minimum Gasteiger partial charge on any atom is -0.324 e. The van der Waals surface area contributed by atoms with Gasteiger partial charge in [0.1, 0.15) is 5.54 Å². The van der Waals surface area contributed by atoms with Crippen molar-refractivity contribution in [2.75, 3.05) is 11.9 Å². The average molecular weight is 468 g/mol. The number of nitro benzene ring substituents is 1. The molecule has 1 N–H and O–H groups in total. The summed E-state index contributed by atoms with van der Waals surface area (Å²) in [5.74, 6) is -1.38. The first-order valence-corrected chi connectivity index (χ1v) is 12.0. The number of non-ortho nitro benzene ring substituents is 1. The van der Waals surface area contributed by atoms with Gasteiger partial charge in [0.2, 0.25) is 5.91 Å². The fourth-order valence-electron chi connectivity index (χ4n) is 6.68. The van der Waals surface area contributed by atoms with Crippen LogP contribution in [-0.4, -0.2) is 34.1 Å². The maximum Gasteiger partial charge on any atom is 0.269 e. The van der Waals surface area contributed by atoms with Crippen LogP contribution in [0.4, 0.5) is 11.4 Å².